The summed E-state index contributed by atoms with van der Waals surface area (Å²) < 4.78 is 10.5. The number of fused-ring (bicyclic) bond motifs is 1. The van der Waals surface area contributed by atoms with Gasteiger partial charge in [0, 0.05) is 36.7 Å². The minimum Gasteiger partial charge on any atom is -0.493 e. The Kier molecular flexibility index (Phi) is 5.57. The lowest BCUT2D eigenvalue weighted by atomic mass is 9.77. The molecule has 2 aromatic rings. The van der Waals surface area contributed by atoms with Crippen LogP contribution in [-0.4, -0.2) is 42.0 Å². The van der Waals surface area contributed by atoms with E-state index in [0.29, 0.717) is 0 Å². The second kappa shape index (κ2) is 8.26. The molecule has 3 N–H and O–H groups in total. The minimum absolute atomic E-state index is 0.0433. The lowest BCUT2D eigenvalue weighted by Crippen LogP contribution is -2.36. The average molecular weight is 383 g/mol. The quantitative estimate of drug-likeness (QED) is 0.648. The Bertz CT molecular complexity index is 830. The molecule has 1 aromatic carbocycles. The van der Waals surface area contributed by atoms with Gasteiger partial charge in [0.25, 0.3) is 0 Å². The molecule has 4 atom stereocenters. The van der Waals surface area contributed by atoms with Crippen LogP contribution in [0.5, 0.6) is 5.75 Å². The largest absolute Gasteiger partial charge is 0.493 e. The number of hydrogen-bond acceptors (Lipinski definition) is 7. The van der Waals surface area contributed by atoms with Gasteiger partial charge in [-0.05, 0) is 41.3 Å². The van der Waals surface area contributed by atoms with Crippen molar-refractivity contribution >= 4 is 5.97 Å². The summed E-state index contributed by atoms with van der Waals surface area (Å²) >= 11 is 0. The van der Waals surface area contributed by atoms with E-state index in [1.165, 1.54) is 18.2 Å². The van der Waals surface area contributed by atoms with Gasteiger partial charge in [0.05, 0.1) is 20.1 Å². The molecule has 0 radical (unpaired) electrons. The van der Waals surface area contributed by atoms with Crippen LogP contribution in [0, 0.1) is 5.92 Å². The second-order valence-corrected chi connectivity index (χ2v) is 7.33. The van der Waals surface area contributed by atoms with Crippen molar-refractivity contribution in [1.29, 1.82) is 0 Å². The normalized spacial score (nSPS) is 24.4. The number of nitrogens with zero attached hydrogens (tertiary/aromatic N) is 1. The molecule has 2 aliphatic rings. The van der Waals surface area contributed by atoms with Crippen molar-refractivity contribution in [2.24, 2.45) is 5.92 Å². The number of esters is 1. The van der Waals surface area contributed by atoms with E-state index >= 15 is 0 Å². The van der Waals surface area contributed by atoms with Crippen molar-refractivity contribution in [2.75, 3.05) is 13.7 Å². The molecule has 3 heterocycles. The second-order valence-electron chi connectivity index (χ2n) is 7.33. The van der Waals surface area contributed by atoms with Crippen molar-refractivity contribution in [2.45, 2.75) is 37.5 Å². The van der Waals surface area contributed by atoms with Crippen LogP contribution < -0.4 is 15.6 Å². The van der Waals surface area contributed by atoms with Gasteiger partial charge < -0.3 is 14.6 Å². The van der Waals surface area contributed by atoms with Crippen LogP contribution >= 0.6 is 0 Å². The lowest BCUT2D eigenvalue weighted by Gasteiger charge is -2.29. The first-order valence-corrected chi connectivity index (χ1v) is 9.56. The molecular weight excluding hydrogens is 358 g/mol. The zero-order chi connectivity index (χ0) is 19.5. The van der Waals surface area contributed by atoms with Gasteiger partial charge in [-0.2, -0.15) is 0 Å². The SMILES string of the molecule is COC(=O)CC(c1ccncc1)C1C(O)NNC1Cc1ccc2c(c1)CCO2. The summed E-state index contributed by atoms with van der Waals surface area (Å²) in [6.07, 6.45) is 4.48. The molecule has 0 saturated carbocycles. The standard InChI is InChI=1S/C21H25N3O4/c1-27-19(25)12-16(14-4-7-22-8-5-14)20-17(23-24-21(20)26)11-13-2-3-18-15(10-13)6-9-28-18/h2-5,7-8,10,16-17,20-21,23-24,26H,6,9,11-12H2,1H3. The van der Waals surface area contributed by atoms with Crippen molar-refractivity contribution in [3.05, 3.63) is 59.4 Å². The van der Waals surface area contributed by atoms with Crippen LogP contribution in [0.2, 0.25) is 0 Å². The van der Waals surface area contributed by atoms with Gasteiger partial charge in [0.15, 0.2) is 0 Å². The van der Waals surface area contributed by atoms with Crippen LogP contribution in [-0.2, 0) is 22.4 Å². The number of carbonyl (C=O) groups excluding carboxylic acids is 1. The van der Waals surface area contributed by atoms with Crippen molar-refractivity contribution in [1.82, 2.24) is 15.8 Å². The third-order valence-electron chi connectivity index (χ3n) is 5.67. The molecule has 2 aliphatic heterocycles. The zero-order valence-corrected chi connectivity index (χ0v) is 15.8. The highest BCUT2D eigenvalue weighted by atomic mass is 16.5. The number of methoxy groups -OCH3 is 1. The fourth-order valence-corrected chi connectivity index (χ4v) is 4.26. The highest BCUT2D eigenvalue weighted by molar-refractivity contribution is 5.70. The molecule has 148 valence electrons. The van der Waals surface area contributed by atoms with Crippen LogP contribution in [0.4, 0.5) is 0 Å². The average Bonchev–Trinajstić information content (AvgIpc) is 3.33. The molecular formula is C21H25N3O4. The molecule has 4 unspecified atom stereocenters. The number of carbonyl (C=O) groups is 1. The van der Waals surface area contributed by atoms with E-state index in [4.69, 9.17) is 9.47 Å². The van der Waals surface area contributed by atoms with Gasteiger partial charge in [-0.15, -0.1) is 0 Å². The number of aromatic nitrogens is 1. The maximum Gasteiger partial charge on any atom is 0.306 e. The third-order valence-corrected chi connectivity index (χ3v) is 5.67. The molecule has 7 heteroatoms. The van der Waals surface area contributed by atoms with Crippen molar-refractivity contribution in [3.63, 3.8) is 0 Å². The number of rotatable bonds is 6. The number of hydrazine groups is 1. The Morgan fingerprint density at radius 2 is 2.14 bits per heavy atom. The first kappa shape index (κ1) is 18.9. The summed E-state index contributed by atoms with van der Waals surface area (Å²) in [6, 6.07) is 9.99. The molecule has 0 spiro atoms. The van der Waals surface area contributed by atoms with Crippen LogP contribution in [0.25, 0.3) is 0 Å². The fraction of sp³-hybridized carbons (Fsp3) is 0.429. The summed E-state index contributed by atoms with van der Waals surface area (Å²) in [5.74, 6) is 0.259. The number of pyridine rings is 1. The number of aliphatic hydroxyl groups excluding tert-OH is 1. The number of nitrogens with one attached hydrogen (secondary N) is 2. The first-order valence-electron chi connectivity index (χ1n) is 9.56. The number of benzene rings is 1. The Labute approximate surface area is 164 Å². The Balaban J connectivity index is 1.59. The number of aliphatic hydroxyl groups is 1. The van der Waals surface area contributed by atoms with E-state index in [2.05, 4.69) is 28.0 Å². The van der Waals surface area contributed by atoms with E-state index in [-0.39, 0.29) is 30.3 Å². The summed E-state index contributed by atoms with van der Waals surface area (Å²) in [5, 5.41) is 10.6. The lowest BCUT2D eigenvalue weighted by molar-refractivity contribution is -0.141. The first-order chi connectivity index (χ1) is 13.7. The van der Waals surface area contributed by atoms with Crippen molar-refractivity contribution in [3.8, 4) is 5.75 Å². The molecule has 0 amide bonds. The summed E-state index contributed by atoms with van der Waals surface area (Å²) in [7, 11) is 1.39. The Morgan fingerprint density at radius 3 is 2.93 bits per heavy atom. The number of ether oxygens (including phenoxy) is 2. The van der Waals surface area contributed by atoms with E-state index in [1.54, 1.807) is 12.4 Å². The van der Waals surface area contributed by atoms with Gasteiger partial charge in [-0.3, -0.25) is 15.2 Å². The van der Waals surface area contributed by atoms with Gasteiger partial charge in [0.1, 0.15) is 12.0 Å². The predicted molar refractivity (Wildman–Crippen MR) is 103 cm³/mol. The van der Waals surface area contributed by atoms with E-state index in [9.17, 15) is 9.90 Å². The molecule has 0 aliphatic carbocycles. The fourth-order valence-electron chi connectivity index (χ4n) is 4.26. The summed E-state index contributed by atoms with van der Waals surface area (Å²) in [5.41, 5.74) is 9.52. The van der Waals surface area contributed by atoms with Gasteiger partial charge in [-0.1, -0.05) is 12.1 Å². The maximum atomic E-state index is 12.1. The molecule has 1 aromatic heterocycles. The summed E-state index contributed by atoms with van der Waals surface area (Å²) in [6.45, 7) is 0.729. The van der Waals surface area contributed by atoms with E-state index in [0.717, 1.165) is 30.8 Å². The van der Waals surface area contributed by atoms with E-state index < -0.39 is 6.23 Å². The Morgan fingerprint density at radius 1 is 1.32 bits per heavy atom. The van der Waals surface area contributed by atoms with Gasteiger partial charge >= 0.3 is 5.97 Å². The molecule has 4 rings (SSSR count). The van der Waals surface area contributed by atoms with Crippen LogP contribution in [0.3, 0.4) is 0 Å². The molecule has 1 fully saturated rings. The van der Waals surface area contributed by atoms with Gasteiger partial charge in [-0.25, -0.2) is 5.43 Å². The Hall–Kier alpha value is -2.48. The smallest absolute Gasteiger partial charge is 0.306 e. The minimum atomic E-state index is -0.773. The highest BCUT2D eigenvalue weighted by Crippen LogP contribution is 2.36. The molecule has 0 bridgehead atoms. The molecule has 1 saturated heterocycles. The maximum absolute atomic E-state index is 12.1. The number of hydrogen-bond donors (Lipinski definition) is 3. The van der Waals surface area contributed by atoms with Crippen LogP contribution in [0.15, 0.2) is 42.7 Å². The molecule has 7 nitrogen and oxygen atoms in total. The molecule has 28 heavy (non-hydrogen) atoms. The highest BCUT2D eigenvalue weighted by Gasteiger charge is 2.41. The third kappa shape index (κ3) is 3.87. The van der Waals surface area contributed by atoms with Crippen LogP contribution in [0.1, 0.15) is 29.0 Å². The predicted octanol–water partition coefficient (Wildman–Crippen LogP) is 1.32. The topological polar surface area (TPSA) is 92.7 Å². The van der Waals surface area contributed by atoms with E-state index in [1.807, 2.05) is 18.2 Å². The summed E-state index contributed by atoms with van der Waals surface area (Å²) in [4.78, 5) is 16.1. The zero-order valence-electron chi connectivity index (χ0n) is 15.8. The van der Waals surface area contributed by atoms with Gasteiger partial charge in [0.2, 0.25) is 0 Å². The van der Waals surface area contributed by atoms with Crippen molar-refractivity contribution < 1.29 is 19.4 Å². The monoisotopic (exact) mass is 383 g/mol.